The lowest BCUT2D eigenvalue weighted by Gasteiger charge is -2.36. The van der Waals surface area contributed by atoms with E-state index >= 15 is 0 Å². The largest absolute Gasteiger partial charge is 0.460 e. The molecule has 3 rings (SSSR count). The van der Waals surface area contributed by atoms with Gasteiger partial charge < -0.3 is 4.42 Å². The van der Waals surface area contributed by atoms with Crippen molar-refractivity contribution in [1.82, 2.24) is 4.90 Å². The van der Waals surface area contributed by atoms with Crippen molar-refractivity contribution in [1.29, 1.82) is 0 Å². The average Bonchev–Trinajstić information content (AvgIpc) is 2.65. The van der Waals surface area contributed by atoms with Gasteiger partial charge in [0, 0.05) is 24.4 Å². The zero-order valence-corrected chi connectivity index (χ0v) is 9.03. The summed E-state index contributed by atoms with van der Waals surface area (Å²) in [5, 5.41) is 1.14. The molecule has 0 aliphatic carbocycles. The molecule has 1 fully saturated rings. The van der Waals surface area contributed by atoms with Crippen LogP contribution in [0.2, 0.25) is 0 Å². The summed E-state index contributed by atoms with van der Waals surface area (Å²) < 4.78 is 18.0. The van der Waals surface area contributed by atoms with Gasteiger partial charge in [-0.3, -0.25) is 9.29 Å². The number of fused-ring (bicyclic) bond motifs is 1. The highest BCUT2D eigenvalue weighted by Crippen LogP contribution is 2.23. The van der Waals surface area contributed by atoms with Crippen LogP contribution >= 0.6 is 0 Å². The summed E-state index contributed by atoms with van der Waals surface area (Å²) in [6.07, 6.45) is 0. The molecule has 0 spiro atoms. The monoisotopic (exact) mass is 219 g/mol. The van der Waals surface area contributed by atoms with Crippen molar-refractivity contribution in [2.45, 2.75) is 6.54 Å². The first kappa shape index (κ1) is 9.85. The Hall–Kier alpha value is -1.35. The number of nitrogens with zero attached hydrogens (tertiary/aromatic N) is 1. The van der Waals surface area contributed by atoms with Crippen molar-refractivity contribution in [3.8, 4) is 0 Å². The number of likely N-dealkylation sites (tertiary alicyclic amines) is 1. The van der Waals surface area contributed by atoms with E-state index in [-0.39, 0.29) is 12.6 Å². The maximum Gasteiger partial charge on any atom is 0.134 e. The van der Waals surface area contributed by atoms with E-state index in [1.165, 1.54) is 0 Å². The molecule has 1 aromatic heterocycles. The van der Waals surface area contributed by atoms with Crippen molar-refractivity contribution in [3.63, 3.8) is 0 Å². The molecule has 0 amide bonds. The van der Waals surface area contributed by atoms with Crippen LogP contribution in [0.3, 0.4) is 0 Å². The van der Waals surface area contributed by atoms with Crippen LogP contribution in [0, 0.1) is 5.92 Å². The van der Waals surface area contributed by atoms with E-state index in [4.69, 9.17) is 4.42 Å². The highest BCUT2D eigenvalue weighted by Gasteiger charge is 2.26. The zero-order valence-electron chi connectivity index (χ0n) is 9.03. The van der Waals surface area contributed by atoms with E-state index in [0.717, 1.165) is 36.4 Å². The lowest BCUT2D eigenvalue weighted by Crippen LogP contribution is -2.46. The molecule has 0 bridgehead atoms. The molecule has 3 heteroatoms. The van der Waals surface area contributed by atoms with E-state index in [9.17, 15) is 4.39 Å². The summed E-state index contributed by atoms with van der Waals surface area (Å²) in [5.41, 5.74) is 0.931. The summed E-state index contributed by atoms with van der Waals surface area (Å²) in [4.78, 5) is 2.21. The summed E-state index contributed by atoms with van der Waals surface area (Å²) >= 11 is 0. The number of rotatable bonds is 3. The third kappa shape index (κ3) is 1.71. The molecule has 0 atom stereocenters. The molecule has 0 unspecified atom stereocenters. The van der Waals surface area contributed by atoms with E-state index in [0.29, 0.717) is 0 Å². The van der Waals surface area contributed by atoms with Crippen molar-refractivity contribution >= 4 is 11.0 Å². The first-order valence-corrected chi connectivity index (χ1v) is 5.61. The molecule has 0 N–H and O–H groups in total. The quantitative estimate of drug-likeness (QED) is 0.789. The van der Waals surface area contributed by atoms with E-state index in [1.807, 2.05) is 24.3 Å². The Morgan fingerprint density at radius 1 is 1.31 bits per heavy atom. The molecule has 84 valence electrons. The fourth-order valence-electron chi connectivity index (χ4n) is 2.24. The van der Waals surface area contributed by atoms with Crippen LogP contribution in [0.4, 0.5) is 4.39 Å². The Labute approximate surface area is 93.7 Å². The molecule has 0 radical (unpaired) electrons. The van der Waals surface area contributed by atoms with E-state index in [1.54, 1.807) is 0 Å². The van der Waals surface area contributed by atoms with Gasteiger partial charge >= 0.3 is 0 Å². The van der Waals surface area contributed by atoms with Crippen LogP contribution in [-0.4, -0.2) is 24.7 Å². The molecule has 1 aromatic carbocycles. The van der Waals surface area contributed by atoms with Gasteiger partial charge in [0.2, 0.25) is 0 Å². The fourth-order valence-corrected chi connectivity index (χ4v) is 2.24. The molecule has 2 aromatic rings. The summed E-state index contributed by atoms with van der Waals surface area (Å²) in [6.45, 7) is 2.31. The summed E-state index contributed by atoms with van der Waals surface area (Å²) in [5.74, 6) is 1.21. The summed E-state index contributed by atoms with van der Waals surface area (Å²) in [7, 11) is 0. The number of halogens is 1. The Balaban J connectivity index is 1.71. The van der Waals surface area contributed by atoms with Gasteiger partial charge in [0.25, 0.3) is 0 Å². The van der Waals surface area contributed by atoms with E-state index < -0.39 is 0 Å². The van der Waals surface area contributed by atoms with Gasteiger partial charge in [0.15, 0.2) is 0 Å². The molecule has 0 saturated carbocycles. The highest BCUT2D eigenvalue weighted by molar-refractivity contribution is 5.77. The molecular weight excluding hydrogens is 205 g/mol. The molecule has 2 nitrogen and oxygen atoms in total. The standard InChI is InChI=1S/C13H14FNO/c14-6-10-7-15(8-10)9-12-5-11-3-1-2-4-13(11)16-12/h1-5,10H,6-9H2. The first-order valence-electron chi connectivity index (χ1n) is 5.61. The second-order valence-electron chi connectivity index (χ2n) is 4.46. The predicted molar refractivity (Wildman–Crippen MR) is 61.0 cm³/mol. The minimum atomic E-state index is -0.198. The number of hydrogen-bond donors (Lipinski definition) is 0. The topological polar surface area (TPSA) is 16.4 Å². The zero-order chi connectivity index (χ0) is 11.0. The van der Waals surface area contributed by atoms with Gasteiger partial charge in [-0.15, -0.1) is 0 Å². The van der Waals surface area contributed by atoms with Crippen molar-refractivity contribution in [2.75, 3.05) is 19.8 Å². The Kier molecular flexibility index (Phi) is 2.40. The Morgan fingerprint density at radius 3 is 2.88 bits per heavy atom. The molecule has 2 heterocycles. The van der Waals surface area contributed by atoms with Gasteiger partial charge in [0.1, 0.15) is 11.3 Å². The lowest BCUT2D eigenvalue weighted by molar-refractivity contribution is 0.0677. The molecular formula is C13H14FNO. The third-order valence-electron chi connectivity index (χ3n) is 3.11. The van der Waals surface area contributed by atoms with Crippen LogP contribution in [-0.2, 0) is 6.54 Å². The van der Waals surface area contributed by atoms with Gasteiger partial charge in [-0.05, 0) is 12.1 Å². The van der Waals surface area contributed by atoms with Crippen molar-refractivity contribution < 1.29 is 8.81 Å². The van der Waals surface area contributed by atoms with Gasteiger partial charge in [-0.25, -0.2) is 0 Å². The third-order valence-corrected chi connectivity index (χ3v) is 3.11. The molecule has 16 heavy (non-hydrogen) atoms. The Bertz CT molecular complexity index is 454. The number of furan rings is 1. The minimum absolute atomic E-state index is 0.198. The van der Waals surface area contributed by atoms with Gasteiger partial charge in [0.05, 0.1) is 13.2 Å². The highest BCUT2D eigenvalue weighted by atomic mass is 19.1. The van der Waals surface area contributed by atoms with E-state index in [2.05, 4.69) is 11.0 Å². The SMILES string of the molecule is FCC1CN(Cc2cc3ccccc3o2)C1. The normalized spacial score (nSPS) is 17.8. The average molecular weight is 219 g/mol. The second kappa shape index (κ2) is 3.91. The van der Waals surface area contributed by atoms with Gasteiger partial charge in [-0.1, -0.05) is 18.2 Å². The number of alkyl halides is 1. The van der Waals surface area contributed by atoms with Crippen LogP contribution in [0.5, 0.6) is 0 Å². The van der Waals surface area contributed by atoms with Crippen molar-refractivity contribution in [2.24, 2.45) is 5.92 Å². The minimum Gasteiger partial charge on any atom is -0.460 e. The van der Waals surface area contributed by atoms with Crippen LogP contribution < -0.4 is 0 Å². The lowest BCUT2D eigenvalue weighted by atomic mass is 10.0. The fraction of sp³-hybridized carbons (Fsp3) is 0.385. The number of para-hydroxylation sites is 1. The maximum absolute atomic E-state index is 12.3. The van der Waals surface area contributed by atoms with Crippen molar-refractivity contribution in [3.05, 3.63) is 36.1 Å². The number of hydrogen-bond acceptors (Lipinski definition) is 2. The van der Waals surface area contributed by atoms with Crippen LogP contribution in [0.25, 0.3) is 11.0 Å². The van der Waals surface area contributed by atoms with Crippen LogP contribution in [0.15, 0.2) is 34.7 Å². The molecule has 1 aliphatic rings. The number of benzene rings is 1. The summed E-state index contributed by atoms with van der Waals surface area (Å²) in [6, 6.07) is 10.1. The molecule has 1 saturated heterocycles. The smallest absolute Gasteiger partial charge is 0.134 e. The predicted octanol–water partition coefficient (Wildman–Crippen LogP) is 2.83. The Morgan fingerprint density at radius 2 is 2.12 bits per heavy atom. The first-order chi connectivity index (χ1) is 7.85. The van der Waals surface area contributed by atoms with Gasteiger partial charge in [-0.2, -0.15) is 0 Å². The second-order valence-corrected chi connectivity index (χ2v) is 4.46. The molecule has 1 aliphatic heterocycles. The van der Waals surface area contributed by atoms with Crippen LogP contribution in [0.1, 0.15) is 5.76 Å². The maximum atomic E-state index is 12.3.